The summed E-state index contributed by atoms with van der Waals surface area (Å²) < 4.78 is 27.7. The monoisotopic (exact) mass is 275 g/mol. The molecule has 18 heavy (non-hydrogen) atoms. The fourth-order valence-corrected chi connectivity index (χ4v) is 3.64. The van der Waals surface area contributed by atoms with Gasteiger partial charge < -0.3 is 15.4 Å². The molecule has 102 valence electrons. The van der Waals surface area contributed by atoms with Gasteiger partial charge in [0.25, 0.3) is 0 Å². The quantitative estimate of drug-likeness (QED) is 0.740. The van der Waals surface area contributed by atoms with Gasteiger partial charge in [0, 0.05) is 12.5 Å². The lowest BCUT2D eigenvalue weighted by Gasteiger charge is -2.17. The minimum atomic E-state index is -2.97. The van der Waals surface area contributed by atoms with Crippen LogP contribution in [-0.2, 0) is 16.3 Å². The van der Waals surface area contributed by atoms with Crippen LogP contribution in [-0.4, -0.2) is 47.3 Å². The zero-order chi connectivity index (χ0) is 13.4. The number of hydrogen-bond acceptors (Lipinski definition) is 7. The fraction of sp³-hybridized carbons (Fsp3) is 0.800. The Kier molecular flexibility index (Phi) is 3.43. The molecule has 1 aliphatic heterocycles. The smallest absolute Gasteiger partial charge is 0.229 e. The van der Waals surface area contributed by atoms with E-state index in [9.17, 15) is 13.5 Å². The molecule has 8 heteroatoms. The molecule has 0 saturated carbocycles. The number of nitrogens with zero attached hydrogens (tertiary/aromatic N) is 2. The van der Waals surface area contributed by atoms with Crippen LogP contribution in [0.4, 0.5) is 0 Å². The van der Waals surface area contributed by atoms with Crippen LogP contribution >= 0.6 is 0 Å². The molecule has 2 atom stereocenters. The molecule has 0 spiro atoms. The average Bonchev–Trinajstić information content (AvgIpc) is 2.84. The first-order valence-electron chi connectivity index (χ1n) is 5.77. The summed E-state index contributed by atoms with van der Waals surface area (Å²) in [6.45, 7) is 1.67. The molecule has 2 unspecified atom stereocenters. The lowest BCUT2D eigenvalue weighted by Crippen LogP contribution is -2.36. The largest absolute Gasteiger partial charge is 0.388 e. The number of sulfone groups is 1. The lowest BCUT2D eigenvalue weighted by molar-refractivity contribution is 0.0610. The van der Waals surface area contributed by atoms with E-state index in [1.807, 2.05) is 0 Å². The normalized spacial score (nSPS) is 26.1. The summed E-state index contributed by atoms with van der Waals surface area (Å²) in [4.78, 5) is 4.13. The Balaban J connectivity index is 2.07. The van der Waals surface area contributed by atoms with Crippen molar-refractivity contribution in [1.82, 2.24) is 10.1 Å². The second-order valence-corrected chi connectivity index (χ2v) is 7.25. The predicted molar refractivity (Wildman–Crippen MR) is 63.7 cm³/mol. The fourth-order valence-electron chi connectivity index (χ4n) is 1.90. The summed E-state index contributed by atoms with van der Waals surface area (Å²) in [7, 11) is -2.97. The average molecular weight is 275 g/mol. The second kappa shape index (κ2) is 4.60. The number of rotatable bonds is 4. The zero-order valence-electron chi connectivity index (χ0n) is 10.2. The van der Waals surface area contributed by atoms with Crippen molar-refractivity contribution in [2.45, 2.75) is 31.3 Å². The number of aromatic nitrogens is 2. The van der Waals surface area contributed by atoms with Gasteiger partial charge >= 0.3 is 0 Å². The van der Waals surface area contributed by atoms with Gasteiger partial charge in [-0.15, -0.1) is 0 Å². The number of nitrogens with two attached hydrogens (primary N) is 1. The Hall–Kier alpha value is -0.990. The van der Waals surface area contributed by atoms with E-state index >= 15 is 0 Å². The van der Waals surface area contributed by atoms with Gasteiger partial charge in [-0.05, 0) is 13.3 Å². The van der Waals surface area contributed by atoms with Crippen molar-refractivity contribution in [2.75, 3.05) is 18.1 Å². The summed E-state index contributed by atoms with van der Waals surface area (Å²) in [5.74, 6) is 0.723. The minimum absolute atomic E-state index is 0.0687. The molecule has 0 aliphatic carbocycles. The van der Waals surface area contributed by atoms with Gasteiger partial charge in [0.15, 0.2) is 15.7 Å². The summed E-state index contributed by atoms with van der Waals surface area (Å²) >= 11 is 0. The van der Waals surface area contributed by atoms with E-state index in [0.29, 0.717) is 12.2 Å². The third-order valence-electron chi connectivity index (χ3n) is 3.05. The maximum atomic E-state index is 11.4. The highest BCUT2D eigenvalue weighted by Gasteiger charge is 2.33. The molecule has 1 aliphatic rings. The predicted octanol–water partition coefficient (Wildman–Crippen LogP) is -0.776. The van der Waals surface area contributed by atoms with Crippen molar-refractivity contribution in [3.63, 3.8) is 0 Å². The van der Waals surface area contributed by atoms with Crippen LogP contribution in [0.5, 0.6) is 0 Å². The Labute approximate surface area is 105 Å². The molecule has 1 aromatic heterocycles. The molecule has 1 saturated heterocycles. The molecular weight excluding hydrogens is 258 g/mol. The van der Waals surface area contributed by atoms with Crippen LogP contribution in [0.25, 0.3) is 0 Å². The topological polar surface area (TPSA) is 119 Å². The molecule has 7 nitrogen and oxygen atoms in total. The highest BCUT2D eigenvalue weighted by atomic mass is 32.2. The van der Waals surface area contributed by atoms with E-state index < -0.39 is 15.4 Å². The van der Waals surface area contributed by atoms with Gasteiger partial charge in [-0.2, -0.15) is 4.98 Å². The Morgan fingerprint density at radius 2 is 2.33 bits per heavy atom. The highest BCUT2D eigenvalue weighted by Crippen LogP contribution is 2.27. The van der Waals surface area contributed by atoms with Gasteiger partial charge in [0.05, 0.1) is 23.5 Å². The second-order valence-electron chi connectivity index (χ2n) is 5.02. The third-order valence-corrected chi connectivity index (χ3v) is 4.82. The van der Waals surface area contributed by atoms with Crippen molar-refractivity contribution in [3.8, 4) is 0 Å². The molecule has 0 aromatic carbocycles. The Morgan fingerprint density at radius 3 is 2.89 bits per heavy atom. The summed E-state index contributed by atoms with van der Waals surface area (Å²) in [6, 6.07) is 0. The first-order chi connectivity index (χ1) is 8.31. The molecule has 2 heterocycles. The van der Waals surface area contributed by atoms with Crippen molar-refractivity contribution in [3.05, 3.63) is 11.7 Å². The molecule has 0 radical (unpaired) electrons. The summed E-state index contributed by atoms with van der Waals surface area (Å²) in [5, 5.41) is 13.6. The lowest BCUT2D eigenvalue weighted by atomic mass is 10.0. The first-order valence-corrected chi connectivity index (χ1v) is 7.59. The third kappa shape index (κ3) is 3.06. The number of hydrogen-bond donors (Lipinski definition) is 2. The van der Waals surface area contributed by atoms with E-state index in [4.69, 9.17) is 10.3 Å². The van der Waals surface area contributed by atoms with Gasteiger partial charge in [0.2, 0.25) is 5.89 Å². The van der Waals surface area contributed by atoms with Crippen LogP contribution in [0.1, 0.15) is 31.0 Å². The molecule has 1 aromatic rings. The SMILES string of the molecule is CC(O)(CN)Cc1nc(C2CCS(=O)(=O)C2)no1. The van der Waals surface area contributed by atoms with Crippen LogP contribution in [0.3, 0.4) is 0 Å². The van der Waals surface area contributed by atoms with Gasteiger partial charge in [-0.1, -0.05) is 5.16 Å². The van der Waals surface area contributed by atoms with E-state index in [0.717, 1.165) is 0 Å². The zero-order valence-corrected chi connectivity index (χ0v) is 11.0. The maximum Gasteiger partial charge on any atom is 0.229 e. The van der Waals surface area contributed by atoms with E-state index in [2.05, 4.69) is 10.1 Å². The van der Waals surface area contributed by atoms with Crippen LogP contribution in [0, 0.1) is 0 Å². The van der Waals surface area contributed by atoms with Crippen LogP contribution in [0.15, 0.2) is 4.52 Å². The van der Waals surface area contributed by atoms with E-state index in [1.54, 1.807) is 6.92 Å². The van der Waals surface area contributed by atoms with Gasteiger partial charge in [-0.25, -0.2) is 8.42 Å². The standard InChI is InChI=1S/C10H17N3O4S/c1-10(14,6-11)4-8-12-9(13-17-8)7-2-3-18(15,16)5-7/h7,14H,2-6,11H2,1H3. The van der Waals surface area contributed by atoms with Crippen molar-refractivity contribution in [1.29, 1.82) is 0 Å². The van der Waals surface area contributed by atoms with Crippen molar-refractivity contribution in [2.24, 2.45) is 5.73 Å². The van der Waals surface area contributed by atoms with Crippen molar-refractivity contribution < 1.29 is 18.0 Å². The molecule has 0 bridgehead atoms. The molecule has 3 N–H and O–H groups in total. The van der Waals surface area contributed by atoms with Crippen LogP contribution in [0.2, 0.25) is 0 Å². The molecular formula is C10H17N3O4S. The molecule has 1 fully saturated rings. The summed E-state index contributed by atoms with van der Waals surface area (Å²) in [5.41, 5.74) is 4.31. The van der Waals surface area contributed by atoms with Gasteiger partial charge in [0.1, 0.15) is 0 Å². The van der Waals surface area contributed by atoms with E-state index in [-0.39, 0.29) is 36.3 Å². The highest BCUT2D eigenvalue weighted by molar-refractivity contribution is 7.91. The Bertz CT molecular complexity index is 523. The minimum Gasteiger partial charge on any atom is -0.388 e. The Morgan fingerprint density at radius 1 is 1.61 bits per heavy atom. The van der Waals surface area contributed by atoms with Crippen molar-refractivity contribution >= 4 is 9.84 Å². The van der Waals surface area contributed by atoms with Gasteiger partial charge in [-0.3, -0.25) is 0 Å². The van der Waals surface area contributed by atoms with E-state index in [1.165, 1.54) is 0 Å². The molecule has 0 amide bonds. The number of aliphatic hydroxyl groups is 1. The summed E-state index contributed by atoms with van der Waals surface area (Å²) in [6.07, 6.45) is 0.685. The van der Waals surface area contributed by atoms with Crippen LogP contribution < -0.4 is 5.73 Å². The molecule has 2 rings (SSSR count). The maximum absolute atomic E-state index is 11.4. The first kappa shape index (κ1) is 13.4.